The van der Waals surface area contributed by atoms with Crippen LogP contribution >= 0.6 is 11.8 Å². The largest absolute Gasteiger partial charge is 1.00 e. The number of carbonyl (C=O) groups excluding carboxylic acids is 1. The van der Waals surface area contributed by atoms with Crippen LogP contribution < -0.4 is 34.7 Å². The molecule has 4 heteroatoms. The van der Waals surface area contributed by atoms with Crippen LogP contribution in [0.4, 0.5) is 0 Å². The third-order valence-corrected chi connectivity index (χ3v) is 2.34. The zero-order valence-electron chi connectivity index (χ0n) is 8.19. The second-order valence-electron chi connectivity index (χ2n) is 2.40. The van der Waals surface area contributed by atoms with Crippen molar-refractivity contribution >= 4 is 17.5 Å². The maximum Gasteiger partial charge on any atom is 1.00 e. The predicted octanol–water partition coefficient (Wildman–Crippen LogP) is -1.53. The van der Waals surface area contributed by atoms with Crippen molar-refractivity contribution in [2.45, 2.75) is 4.90 Å². The molecule has 68 valence electrons. The van der Waals surface area contributed by atoms with Gasteiger partial charge in [0.05, 0.1) is 0 Å². The number of carbonyl (C=O) groups is 1. The van der Waals surface area contributed by atoms with Crippen LogP contribution in [0.15, 0.2) is 41.5 Å². The number of ketones is 1. The Morgan fingerprint density at radius 3 is 2.36 bits per heavy atom. The monoisotopic (exact) mass is 216 g/mol. The summed E-state index contributed by atoms with van der Waals surface area (Å²) < 4.78 is 0. The Balaban J connectivity index is 0.00000169. The molecule has 0 radical (unpaired) electrons. The minimum Gasteiger partial charge on any atom is -0.878 e. The SMILES string of the molecule is CSc1ccc(C(=O)C=C[O-])cc1.[Na+]. The van der Waals surface area contributed by atoms with E-state index in [0.29, 0.717) is 11.8 Å². The molecule has 0 aliphatic carbocycles. The van der Waals surface area contributed by atoms with E-state index < -0.39 is 0 Å². The fourth-order valence-electron chi connectivity index (χ4n) is 0.913. The van der Waals surface area contributed by atoms with E-state index in [1.807, 2.05) is 18.4 Å². The molecule has 0 atom stereocenters. The van der Waals surface area contributed by atoms with Crippen LogP contribution in [-0.4, -0.2) is 12.0 Å². The van der Waals surface area contributed by atoms with Crippen LogP contribution in [0.5, 0.6) is 0 Å². The van der Waals surface area contributed by atoms with Gasteiger partial charge in [0.2, 0.25) is 0 Å². The van der Waals surface area contributed by atoms with Gasteiger partial charge in [0.25, 0.3) is 0 Å². The third kappa shape index (κ3) is 3.88. The molecule has 2 nitrogen and oxygen atoms in total. The molecule has 1 rings (SSSR count). The standard InChI is InChI=1S/C10H10O2S.Na/c1-13-9-4-2-8(3-5-9)10(12)6-7-11;/h2-7,11H,1H3;/q;+1/p-1. The molecule has 0 aromatic heterocycles. The molecule has 0 bridgehead atoms. The van der Waals surface area contributed by atoms with Crippen molar-refractivity contribution < 1.29 is 39.5 Å². The summed E-state index contributed by atoms with van der Waals surface area (Å²) in [4.78, 5) is 12.3. The fraction of sp³-hybridized carbons (Fsp3) is 0.100. The fourth-order valence-corrected chi connectivity index (χ4v) is 1.32. The number of rotatable bonds is 3. The zero-order valence-corrected chi connectivity index (χ0v) is 11.0. The van der Waals surface area contributed by atoms with E-state index in [9.17, 15) is 9.90 Å². The molecule has 0 N–H and O–H groups in total. The van der Waals surface area contributed by atoms with E-state index in [-0.39, 0.29) is 35.3 Å². The van der Waals surface area contributed by atoms with E-state index in [4.69, 9.17) is 0 Å². The number of hydrogen-bond acceptors (Lipinski definition) is 3. The number of hydrogen-bond donors (Lipinski definition) is 0. The molecule has 0 heterocycles. The minimum atomic E-state index is -0.248. The molecule has 0 aliphatic rings. The van der Waals surface area contributed by atoms with Crippen LogP contribution in [0.3, 0.4) is 0 Å². The van der Waals surface area contributed by atoms with Gasteiger partial charge < -0.3 is 5.11 Å². The molecule has 0 saturated carbocycles. The van der Waals surface area contributed by atoms with Crippen molar-refractivity contribution in [2.24, 2.45) is 0 Å². The van der Waals surface area contributed by atoms with Crippen molar-refractivity contribution in [1.82, 2.24) is 0 Å². The molecule has 1 aromatic carbocycles. The Morgan fingerprint density at radius 1 is 1.36 bits per heavy atom. The predicted molar refractivity (Wildman–Crippen MR) is 51.7 cm³/mol. The number of allylic oxidation sites excluding steroid dienone is 1. The molecule has 0 fully saturated rings. The molecule has 0 aliphatic heterocycles. The van der Waals surface area contributed by atoms with Crippen molar-refractivity contribution in [3.8, 4) is 0 Å². The second-order valence-corrected chi connectivity index (χ2v) is 3.28. The van der Waals surface area contributed by atoms with Gasteiger partial charge in [0.1, 0.15) is 0 Å². The van der Waals surface area contributed by atoms with Crippen molar-refractivity contribution in [3.63, 3.8) is 0 Å². The van der Waals surface area contributed by atoms with Crippen LogP contribution in [0.25, 0.3) is 0 Å². The first-order valence-corrected chi connectivity index (χ1v) is 4.97. The van der Waals surface area contributed by atoms with Crippen molar-refractivity contribution in [2.75, 3.05) is 6.26 Å². The van der Waals surface area contributed by atoms with Crippen molar-refractivity contribution in [1.29, 1.82) is 0 Å². The summed E-state index contributed by atoms with van der Waals surface area (Å²) in [6.45, 7) is 0. The number of benzene rings is 1. The Bertz CT molecular complexity index is 319. The zero-order chi connectivity index (χ0) is 9.68. The van der Waals surface area contributed by atoms with E-state index >= 15 is 0 Å². The van der Waals surface area contributed by atoms with Gasteiger partial charge in [0, 0.05) is 10.5 Å². The Hall–Kier alpha value is -0.220. The van der Waals surface area contributed by atoms with Crippen LogP contribution in [0.1, 0.15) is 10.4 Å². The molecule has 0 saturated heterocycles. The molecule has 14 heavy (non-hydrogen) atoms. The van der Waals surface area contributed by atoms with E-state index in [1.54, 1.807) is 23.9 Å². The van der Waals surface area contributed by atoms with Crippen molar-refractivity contribution in [3.05, 3.63) is 42.2 Å². The summed E-state index contributed by atoms with van der Waals surface area (Å²) in [5.74, 6) is -0.248. The van der Waals surface area contributed by atoms with Crippen LogP contribution in [0.2, 0.25) is 0 Å². The molecule has 0 unspecified atom stereocenters. The van der Waals surface area contributed by atoms with Gasteiger partial charge in [-0.25, -0.2) is 0 Å². The first kappa shape index (κ1) is 13.8. The number of thioether (sulfide) groups is 1. The van der Waals surface area contributed by atoms with Gasteiger partial charge in [-0.3, -0.25) is 4.79 Å². The van der Waals surface area contributed by atoms with Gasteiger partial charge >= 0.3 is 29.6 Å². The first-order valence-electron chi connectivity index (χ1n) is 3.75. The maximum absolute atomic E-state index is 11.2. The molecule has 0 amide bonds. The molecule has 1 aromatic rings. The van der Waals surface area contributed by atoms with Crippen LogP contribution in [-0.2, 0) is 0 Å². The summed E-state index contributed by atoms with van der Waals surface area (Å²) in [7, 11) is 0. The van der Waals surface area contributed by atoms with Gasteiger partial charge in [0.15, 0.2) is 5.78 Å². The quantitative estimate of drug-likeness (QED) is 0.202. The van der Waals surface area contributed by atoms with Gasteiger partial charge in [-0.1, -0.05) is 0 Å². The topological polar surface area (TPSA) is 40.1 Å². The summed E-state index contributed by atoms with van der Waals surface area (Å²) >= 11 is 1.61. The average molecular weight is 216 g/mol. The third-order valence-electron chi connectivity index (χ3n) is 1.59. The van der Waals surface area contributed by atoms with Crippen LogP contribution in [0, 0.1) is 0 Å². The molecular formula is C10H9NaO2S. The summed E-state index contributed by atoms with van der Waals surface area (Å²) in [5, 5.41) is 10.0. The molecule has 0 spiro atoms. The Morgan fingerprint density at radius 2 is 1.93 bits per heavy atom. The smallest absolute Gasteiger partial charge is 0.878 e. The maximum atomic E-state index is 11.2. The van der Waals surface area contributed by atoms with E-state index in [0.717, 1.165) is 11.0 Å². The van der Waals surface area contributed by atoms with Gasteiger partial charge in [-0.15, -0.1) is 18.0 Å². The van der Waals surface area contributed by atoms with E-state index in [1.165, 1.54) is 0 Å². The van der Waals surface area contributed by atoms with E-state index in [2.05, 4.69) is 0 Å². The summed E-state index contributed by atoms with van der Waals surface area (Å²) in [6.07, 6.45) is 3.49. The summed E-state index contributed by atoms with van der Waals surface area (Å²) in [5.41, 5.74) is 0.546. The summed E-state index contributed by atoms with van der Waals surface area (Å²) in [6, 6.07) is 7.15. The molecular weight excluding hydrogens is 207 g/mol. The van der Waals surface area contributed by atoms with Gasteiger partial charge in [-0.05, 0) is 36.6 Å². The van der Waals surface area contributed by atoms with Gasteiger partial charge in [-0.2, -0.15) is 0 Å². The normalized spacial score (nSPS) is 9.79. The minimum absolute atomic E-state index is 0. The first-order chi connectivity index (χ1) is 6.27. The second kappa shape index (κ2) is 7.12. The average Bonchev–Trinajstić information content (AvgIpc) is 2.18. The Kier molecular flexibility index (Phi) is 7.01. The Labute approximate surface area is 110 Å².